The van der Waals surface area contributed by atoms with Gasteiger partial charge in [-0.2, -0.15) is 0 Å². The van der Waals surface area contributed by atoms with Crippen LogP contribution >= 0.6 is 11.6 Å². The standard InChI is InChI=1S/C13H19ClN2O/c1-10(15)7-8-13(17)16(2)9-11-5-3-4-6-12(11)14/h3-6,10H,7-9,15H2,1-2H3. The van der Waals surface area contributed by atoms with Crippen LogP contribution < -0.4 is 5.73 Å². The molecule has 1 unspecified atom stereocenters. The summed E-state index contributed by atoms with van der Waals surface area (Å²) in [4.78, 5) is 13.5. The number of carbonyl (C=O) groups is 1. The molecule has 94 valence electrons. The van der Waals surface area contributed by atoms with E-state index < -0.39 is 0 Å². The second-order valence-electron chi connectivity index (χ2n) is 4.36. The van der Waals surface area contributed by atoms with Crippen molar-refractivity contribution >= 4 is 17.5 Å². The molecule has 0 saturated heterocycles. The second kappa shape index (κ2) is 6.62. The zero-order valence-electron chi connectivity index (χ0n) is 10.3. The summed E-state index contributed by atoms with van der Waals surface area (Å²) in [6.45, 7) is 2.44. The van der Waals surface area contributed by atoms with Crippen LogP contribution in [0.25, 0.3) is 0 Å². The van der Waals surface area contributed by atoms with Gasteiger partial charge in [0.25, 0.3) is 0 Å². The molecule has 0 aliphatic heterocycles. The molecule has 1 amide bonds. The first kappa shape index (κ1) is 14.0. The minimum absolute atomic E-state index is 0.0627. The molecule has 0 aromatic heterocycles. The first-order chi connectivity index (χ1) is 8.00. The normalized spacial score (nSPS) is 12.2. The minimum Gasteiger partial charge on any atom is -0.341 e. The monoisotopic (exact) mass is 254 g/mol. The molecule has 0 radical (unpaired) electrons. The Bertz CT molecular complexity index is 379. The van der Waals surface area contributed by atoms with E-state index in [0.717, 1.165) is 5.56 Å². The molecular weight excluding hydrogens is 236 g/mol. The van der Waals surface area contributed by atoms with Crippen molar-refractivity contribution in [1.29, 1.82) is 0 Å². The van der Waals surface area contributed by atoms with E-state index in [1.165, 1.54) is 0 Å². The summed E-state index contributed by atoms with van der Waals surface area (Å²) >= 11 is 6.04. The number of nitrogens with zero attached hydrogens (tertiary/aromatic N) is 1. The zero-order valence-corrected chi connectivity index (χ0v) is 11.1. The topological polar surface area (TPSA) is 46.3 Å². The van der Waals surface area contributed by atoms with Crippen LogP contribution in [-0.4, -0.2) is 23.9 Å². The van der Waals surface area contributed by atoms with E-state index in [9.17, 15) is 4.79 Å². The zero-order chi connectivity index (χ0) is 12.8. The van der Waals surface area contributed by atoms with Crippen molar-refractivity contribution in [2.75, 3.05) is 7.05 Å². The summed E-state index contributed by atoms with van der Waals surface area (Å²) in [7, 11) is 1.78. The average Bonchev–Trinajstić information content (AvgIpc) is 2.28. The Morgan fingerprint density at radius 1 is 1.47 bits per heavy atom. The highest BCUT2D eigenvalue weighted by molar-refractivity contribution is 6.31. The number of carbonyl (C=O) groups excluding carboxylic acids is 1. The fourth-order valence-electron chi connectivity index (χ4n) is 1.51. The maximum absolute atomic E-state index is 11.8. The van der Waals surface area contributed by atoms with E-state index in [2.05, 4.69) is 0 Å². The van der Waals surface area contributed by atoms with Crippen molar-refractivity contribution in [3.63, 3.8) is 0 Å². The van der Waals surface area contributed by atoms with Crippen LogP contribution in [-0.2, 0) is 11.3 Å². The molecule has 0 saturated carbocycles. The van der Waals surface area contributed by atoms with Crippen molar-refractivity contribution in [3.05, 3.63) is 34.9 Å². The van der Waals surface area contributed by atoms with Crippen LogP contribution in [0, 0.1) is 0 Å². The predicted octanol–water partition coefficient (Wildman–Crippen LogP) is 2.43. The van der Waals surface area contributed by atoms with Crippen LogP contribution in [0.15, 0.2) is 24.3 Å². The third-order valence-corrected chi connectivity index (χ3v) is 2.97. The molecule has 2 N–H and O–H groups in total. The summed E-state index contributed by atoms with van der Waals surface area (Å²) < 4.78 is 0. The largest absolute Gasteiger partial charge is 0.341 e. The van der Waals surface area contributed by atoms with Crippen LogP contribution in [0.4, 0.5) is 0 Å². The van der Waals surface area contributed by atoms with Crippen molar-refractivity contribution in [3.8, 4) is 0 Å². The predicted molar refractivity (Wildman–Crippen MR) is 70.8 cm³/mol. The average molecular weight is 255 g/mol. The Balaban J connectivity index is 2.51. The molecular formula is C13H19ClN2O. The Hall–Kier alpha value is -1.06. The molecule has 4 heteroatoms. The Morgan fingerprint density at radius 2 is 2.12 bits per heavy atom. The first-order valence-electron chi connectivity index (χ1n) is 5.73. The first-order valence-corrected chi connectivity index (χ1v) is 6.11. The molecule has 17 heavy (non-hydrogen) atoms. The van der Waals surface area contributed by atoms with Gasteiger partial charge < -0.3 is 10.6 Å². The van der Waals surface area contributed by atoms with Crippen LogP contribution in [0.5, 0.6) is 0 Å². The van der Waals surface area contributed by atoms with Gasteiger partial charge in [-0.1, -0.05) is 29.8 Å². The molecule has 3 nitrogen and oxygen atoms in total. The van der Waals surface area contributed by atoms with E-state index in [1.807, 2.05) is 31.2 Å². The fraction of sp³-hybridized carbons (Fsp3) is 0.462. The number of benzene rings is 1. The number of amides is 1. The maximum Gasteiger partial charge on any atom is 0.222 e. The van der Waals surface area contributed by atoms with Gasteiger partial charge in [-0.3, -0.25) is 4.79 Å². The summed E-state index contributed by atoms with van der Waals surface area (Å²) in [5.41, 5.74) is 6.59. The summed E-state index contributed by atoms with van der Waals surface area (Å²) in [5.74, 6) is 0.0993. The third kappa shape index (κ3) is 4.75. The smallest absolute Gasteiger partial charge is 0.222 e. The lowest BCUT2D eigenvalue weighted by Gasteiger charge is -2.18. The SMILES string of the molecule is CC(N)CCC(=O)N(C)Cc1ccccc1Cl. The van der Waals surface area contributed by atoms with Gasteiger partial charge in [-0.05, 0) is 25.0 Å². The van der Waals surface area contributed by atoms with E-state index in [4.69, 9.17) is 17.3 Å². The van der Waals surface area contributed by atoms with Gasteiger partial charge in [0, 0.05) is 31.1 Å². The maximum atomic E-state index is 11.8. The van der Waals surface area contributed by atoms with Gasteiger partial charge in [0.05, 0.1) is 0 Å². The van der Waals surface area contributed by atoms with Gasteiger partial charge in [-0.15, -0.1) is 0 Å². The fourth-order valence-corrected chi connectivity index (χ4v) is 1.71. The highest BCUT2D eigenvalue weighted by Crippen LogP contribution is 2.16. The quantitative estimate of drug-likeness (QED) is 0.877. The van der Waals surface area contributed by atoms with Gasteiger partial charge in [0.1, 0.15) is 0 Å². The molecule has 0 bridgehead atoms. The van der Waals surface area contributed by atoms with Gasteiger partial charge in [-0.25, -0.2) is 0 Å². The summed E-state index contributed by atoms with van der Waals surface area (Å²) in [5, 5.41) is 0.694. The van der Waals surface area contributed by atoms with E-state index in [-0.39, 0.29) is 11.9 Å². The summed E-state index contributed by atoms with van der Waals surface area (Å²) in [6.07, 6.45) is 1.20. The van der Waals surface area contributed by atoms with Gasteiger partial charge in [0.2, 0.25) is 5.91 Å². The lowest BCUT2D eigenvalue weighted by molar-refractivity contribution is -0.130. The van der Waals surface area contributed by atoms with E-state index in [0.29, 0.717) is 24.4 Å². The highest BCUT2D eigenvalue weighted by Gasteiger charge is 2.11. The molecule has 1 atom stereocenters. The van der Waals surface area contributed by atoms with E-state index in [1.54, 1.807) is 11.9 Å². The number of hydrogen-bond donors (Lipinski definition) is 1. The van der Waals surface area contributed by atoms with Crippen LogP contribution in [0.3, 0.4) is 0 Å². The molecule has 1 aromatic rings. The van der Waals surface area contributed by atoms with Crippen molar-refractivity contribution in [2.24, 2.45) is 5.73 Å². The molecule has 1 aromatic carbocycles. The lowest BCUT2D eigenvalue weighted by Crippen LogP contribution is -2.28. The third-order valence-electron chi connectivity index (χ3n) is 2.60. The molecule has 0 heterocycles. The number of nitrogens with two attached hydrogens (primary N) is 1. The number of halogens is 1. The minimum atomic E-state index is 0.0627. The Labute approximate surface area is 108 Å². The number of hydrogen-bond acceptors (Lipinski definition) is 2. The number of rotatable bonds is 5. The van der Waals surface area contributed by atoms with Crippen LogP contribution in [0.2, 0.25) is 5.02 Å². The molecule has 0 aliphatic carbocycles. The van der Waals surface area contributed by atoms with E-state index >= 15 is 0 Å². The van der Waals surface area contributed by atoms with Crippen molar-refractivity contribution in [1.82, 2.24) is 4.90 Å². The lowest BCUT2D eigenvalue weighted by atomic mass is 10.1. The highest BCUT2D eigenvalue weighted by atomic mass is 35.5. The van der Waals surface area contributed by atoms with Gasteiger partial charge in [0.15, 0.2) is 0 Å². The molecule has 0 fully saturated rings. The molecule has 1 rings (SSSR count). The van der Waals surface area contributed by atoms with Gasteiger partial charge >= 0.3 is 0 Å². The molecule has 0 aliphatic rings. The van der Waals surface area contributed by atoms with Crippen LogP contribution in [0.1, 0.15) is 25.3 Å². The van der Waals surface area contributed by atoms with Crippen molar-refractivity contribution < 1.29 is 4.79 Å². The summed E-state index contributed by atoms with van der Waals surface area (Å²) in [6, 6.07) is 7.62. The Kier molecular flexibility index (Phi) is 5.45. The second-order valence-corrected chi connectivity index (χ2v) is 4.76. The Morgan fingerprint density at radius 3 is 2.71 bits per heavy atom. The van der Waals surface area contributed by atoms with Crippen molar-refractivity contribution in [2.45, 2.75) is 32.4 Å². The molecule has 0 spiro atoms.